The van der Waals surface area contributed by atoms with E-state index >= 15 is 0 Å². The van der Waals surface area contributed by atoms with Crippen molar-refractivity contribution >= 4 is 22.1 Å². The molecule has 0 bridgehead atoms. The molecule has 0 spiro atoms. The first-order valence-corrected chi connectivity index (χ1v) is 6.71. The number of aryl methyl sites for hydroxylation is 1. The van der Waals surface area contributed by atoms with Crippen LogP contribution in [-0.4, -0.2) is 0 Å². The van der Waals surface area contributed by atoms with E-state index in [-0.39, 0.29) is 0 Å². The van der Waals surface area contributed by atoms with Crippen LogP contribution >= 0.6 is 0 Å². The van der Waals surface area contributed by atoms with E-state index in [4.69, 9.17) is 0 Å². The molecule has 3 aromatic carbocycles. The average Bonchev–Trinajstić information content (AvgIpc) is 2.49. The minimum Gasteiger partial charge on any atom is -0.355 e. The fourth-order valence-electron chi connectivity index (χ4n) is 2.46. The molecule has 0 amide bonds. The molecule has 0 fully saturated rings. The van der Waals surface area contributed by atoms with Gasteiger partial charge in [0.15, 0.2) is 0 Å². The molecular weight excluding hydrogens is 230 g/mol. The minimum absolute atomic E-state index is 1.06. The zero-order valence-corrected chi connectivity index (χ0v) is 11.1. The zero-order chi connectivity index (χ0) is 13.1. The van der Waals surface area contributed by atoms with Gasteiger partial charge in [0.2, 0.25) is 0 Å². The molecule has 0 aliphatic rings. The lowest BCUT2D eigenvalue weighted by atomic mass is 10.0. The van der Waals surface area contributed by atoms with E-state index in [0.29, 0.717) is 0 Å². The molecule has 1 N–H and O–H groups in total. The van der Waals surface area contributed by atoms with Crippen molar-refractivity contribution in [1.82, 2.24) is 0 Å². The Labute approximate surface area is 113 Å². The summed E-state index contributed by atoms with van der Waals surface area (Å²) in [5.74, 6) is 0. The van der Waals surface area contributed by atoms with Crippen LogP contribution in [0.5, 0.6) is 0 Å². The van der Waals surface area contributed by atoms with Gasteiger partial charge in [-0.3, -0.25) is 0 Å². The zero-order valence-electron chi connectivity index (χ0n) is 11.1. The van der Waals surface area contributed by atoms with Gasteiger partial charge in [-0.1, -0.05) is 55.5 Å². The molecule has 1 nitrogen and oxygen atoms in total. The normalized spacial score (nSPS) is 10.6. The number of benzene rings is 3. The fraction of sp³-hybridized carbons (Fsp3) is 0.111. The van der Waals surface area contributed by atoms with Crippen LogP contribution in [-0.2, 0) is 6.42 Å². The molecule has 3 rings (SSSR count). The van der Waals surface area contributed by atoms with Gasteiger partial charge in [-0.15, -0.1) is 0 Å². The summed E-state index contributed by atoms with van der Waals surface area (Å²) >= 11 is 0. The molecule has 0 aromatic heterocycles. The Morgan fingerprint density at radius 2 is 1.42 bits per heavy atom. The first kappa shape index (κ1) is 11.8. The third-order valence-electron chi connectivity index (χ3n) is 3.45. The van der Waals surface area contributed by atoms with Gasteiger partial charge in [0.1, 0.15) is 0 Å². The highest BCUT2D eigenvalue weighted by Gasteiger charge is 2.04. The van der Waals surface area contributed by atoms with Crippen LogP contribution in [0.4, 0.5) is 11.4 Å². The summed E-state index contributed by atoms with van der Waals surface area (Å²) in [7, 11) is 0. The predicted octanol–water partition coefficient (Wildman–Crippen LogP) is 5.15. The molecule has 94 valence electrons. The van der Waals surface area contributed by atoms with E-state index in [1.165, 1.54) is 22.0 Å². The lowest BCUT2D eigenvalue weighted by molar-refractivity contribution is 1.16. The second-order valence-corrected chi connectivity index (χ2v) is 4.66. The summed E-state index contributed by atoms with van der Waals surface area (Å²) in [5.41, 5.74) is 3.69. The van der Waals surface area contributed by atoms with Gasteiger partial charge in [-0.25, -0.2) is 0 Å². The molecule has 0 saturated carbocycles. The van der Waals surface area contributed by atoms with Gasteiger partial charge in [0, 0.05) is 16.8 Å². The fourth-order valence-corrected chi connectivity index (χ4v) is 2.46. The highest BCUT2D eigenvalue weighted by molar-refractivity contribution is 5.97. The van der Waals surface area contributed by atoms with Crippen molar-refractivity contribution in [2.75, 3.05) is 5.32 Å². The SMILES string of the molecule is CCc1ccc(Nc2ccccc2)c2ccccc12. The van der Waals surface area contributed by atoms with Gasteiger partial charge < -0.3 is 5.32 Å². The van der Waals surface area contributed by atoms with E-state index in [1.54, 1.807) is 0 Å². The summed E-state index contributed by atoms with van der Waals surface area (Å²) in [6.07, 6.45) is 1.06. The lowest BCUT2D eigenvalue weighted by Gasteiger charge is -2.12. The average molecular weight is 247 g/mol. The van der Waals surface area contributed by atoms with Crippen LogP contribution in [0.25, 0.3) is 10.8 Å². The van der Waals surface area contributed by atoms with E-state index in [1.807, 2.05) is 18.2 Å². The van der Waals surface area contributed by atoms with Crippen LogP contribution in [0.1, 0.15) is 12.5 Å². The largest absolute Gasteiger partial charge is 0.355 e. The number of fused-ring (bicyclic) bond motifs is 1. The molecule has 0 aliphatic carbocycles. The molecule has 0 atom stereocenters. The van der Waals surface area contributed by atoms with Crippen LogP contribution in [0, 0.1) is 0 Å². The topological polar surface area (TPSA) is 12.0 Å². The molecule has 0 heterocycles. The quantitative estimate of drug-likeness (QED) is 0.675. The van der Waals surface area contributed by atoms with Crippen molar-refractivity contribution in [2.45, 2.75) is 13.3 Å². The Morgan fingerprint density at radius 1 is 0.737 bits per heavy atom. The Hall–Kier alpha value is -2.28. The van der Waals surface area contributed by atoms with Crippen LogP contribution in [0.15, 0.2) is 66.7 Å². The van der Waals surface area contributed by atoms with Crippen LogP contribution in [0.3, 0.4) is 0 Å². The standard InChI is InChI=1S/C18H17N/c1-2-14-12-13-18(17-11-7-6-10-16(14)17)19-15-8-4-3-5-9-15/h3-13,19H,2H2,1H3. The Kier molecular flexibility index (Phi) is 3.20. The highest BCUT2D eigenvalue weighted by atomic mass is 14.9. The van der Waals surface area contributed by atoms with Gasteiger partial charge >= 0.3 is 0 Å². The first-order chi connectivity index (χ1) is 9.38. The number of para-hydroxylation sites is 1. The van der Waals surface area contributed by atoms with Crippen LogP contribution in [0.2, 0.25) is 0 Å². The third kappa shape index (κ3) is 2.32. The van der Waals surface area contributed by atoms with Crippen molar-refractivity contribution in [1.29, 1.82) is 0 Å². The first-order valence-electron chi connectivity index (χ1n) is 6.71. The number of hydrogen-bond donors (Lipinski definition) is 1. The third-order valence-corrected chi connectivity index (χ3v) is 3.45. The van der Waals surface area contributed by atoms with E-state index < -0.39 is 0 Å². The smallest absolute Gasteiger partial charge is 0.0464 e. The van der Waals surface area contributed by atoms with Gasteiger partial charge in [-0.05, 0) is 35.6 Å². The molecule has 0 radical (unpaired) electrons. The van der Waals surface area contributed by atoms with E-state index in [0.717, 1.165) is 12.1 Å². The summed E-state index contributed by atoms with van der Waals surface area (Å²) in [6, 6.07) is 23.3. The van der Waals surface area contributed by atoms with Gasteiger partial charge in [-0.2, -0.15) is 0 Å². The summed E-state index contributed by atoms with van der Waals surface area (Å²) in [4.78, 5) is 0. The summed E-state index contributed by atoms with van der Waals surface area (Å²) in [5, 5.41) is 6.12. The minimum atomic E-state index is 1.06. The molecule has 0 unspecified atom stereocenters. The molecule has 19 heavy (non-hydrogen) atoms. The predicted molar refractivity (Wildman–Crippen MR) is 83.1 cm³/mol. The van der Waals surface area contributed by atoms with Crippen molar-refractivity contribution in [2.24, 2.45) is 0 Å². The number of rotatable bonds is 3. The summed E-state index contributed by atoms with van der Waals surface area (Å²) < 4.78 is 0. The van der Waals surface area contributed by atoms with Crippen LogP contribution < -0.4 is 5.32 Å². The Morgan fingerprint density at radius 3 is 2.16 bits per heavy atom. The monoisotopic (exact) mass is 247 g/mol. The van der Waals surface area contributed by atoms with E-state index in [9.17, 15) is 0 Å². The Balaban J connectivity index is 2.10. The number of hydrogen-bond acceptors (Lipinski definition) is 1. The van der Waals surface area contributed by atoms with Crippen molar-refractivity contribution in [3.05, 3.63) is 72.3 Å². The van der Waals surface area contributed by atoms with Crippen molar-refractivity contribution in [3.63, 3.8) is 0 Å². The number of anilines is 2. The van der Waals surface area contributed by atoms with E-state index in [2.05, 4.69) is 60.8 Å². The van der Waals surface area contributed by atoms with Crippen molar-refractivity contribution in [3.8, 4) is 0 Å². The lowest BCUT2D eigenvalue weighted by Crippen LogP contribution is -1.93. The molecule has 0 saturated heterocycles. The molecule has 3 aromatic rings. The second kappa shape index (κ2) is 5.15. The molecular formula is C18H17N. The summed E-state index contributed by atoms with van der Waals surface area (Å²) in [6.45, 7) is 2.20. The molecule has 1 heteroatoms. The van der Waals surface area contributed by atoms with Gasteiger partial charge in [0.25, 0.3) is 0 Å². The second-order valence-electron chi connectivity index (χ2n) is 4.66. The maximum absolute atomic E-state index is 3.50. The highest BCUT2D eigenvalue weighted by Crippen LogP contribution is 2.29. The molecule has 0 aliphatic heterocycles. The Bertz CT molecular complexity index is 686. The number of nitrogens with one attached hydrogen (secondary N) is 1. The van der Waals surface area contributed by atoms with Crippen molar-refractivity contribution < 1.29 is 0 Å². The maximum atomic E-state index is 3.50. The van der Waals surface area contributed by atoms with Gasteiger partial charge in [0.05, 0.1) is 0 Å². The maximum Gasteiger partial charge on any atom is 0.0464 e.